The average Bonchev–Trinajstić information content (AvgIpc) is 2.37. The normalized spacial score (nSPS) is 12.7. The van der Waals surface area contributed by atoms with Crippen LogP contribution in [-0.2, 0) is 11.2 Å². The smallest absolute Gasteiger partial charge is 0.213 e. The highest BCUT2D eigenvalue weighted by atomic mass is 16.5. The van der Waals surface area contributed by atoms with Gasteiger partial charge in [-0.05, 0) is 43.9 Å². The van der Waals surface area contributed by atoms with E-state index in [4.69, 9.17) is 4.74 Å². The molecular weight excluding hydrogens is 226 g/mol. The lowest BCUT2D eigenvalue weighted by molar-refractivity contribution is -0.117. The average molecular weight is 247 g/mol. The molecule has 0 bridgehead atoms. The van der Waals surface area contributed by atoms with Crippen molar-refractivity contribution >= 4 is 5.78 Å². The van der Waals surface area contributed by atoms with Crippen LogP contribution in [0.3, 0.4) is 0 Å². The van der Waals surface area contributed by atoms with Crippen LogP contribution in [0.1, 0.15) is 31.4 Å². The van der Waals surface area contributed by atoms with E-state index in [1.165, 1.54) is 5.56 Å². The highest BCUT2D eigenvalue weighted by Gasteiger charge is 2.11. The second kappa shape index (κ2) is 6.94. The monoisotopic (exact) mass is 247 g/mol. The van der Waals surface area contributed by atoms with Gasteiger partial charge in [-0.3, -0.25) is 4.79 Å². The maximum absolute atomic E-state index is 11.6. The van der Waals surface area contributed by atoms with Crippen LogP contribution in [-0.4, -0.2) is 17.9 Å². The zero-order chi connectivity index (χ0) is 13.5. The van der Waals surface area contributed by atoms with Crippen molar-refractivity contribution in [2.24, 2.45) is 5.92 Å². The Bertz CT molecular complexity index is 438. The number of rotatable bonds is 6. The fourth-order valence-electron chi connectivity index (χ4n) is 1.77. The summed E-state index contributed by atoms with van der Waals surface area (Å²) in [7, 11) is 1.61. The molecule has 98 valence electrons. The number of nitrogens with zero attached hydrogens (tertiary/aromatic N) is 1. The highest BCUT2D eigenvalue weighted by Crippen LogP contribution is 2.18. The Labute approximate surface area is 109 Å². The molecule has 18 heavy (non-hydrogen) atoms. The summed E-state index contributed by atoms with van der Waals surface area (Å²) in [6.07, 6.45) is 6.96. The molecule has 0 saturated heterocycles. The van der Waals surface area contributed by atoms with Crippen LogP contribution in [0.25, 0.3) is 0 Å². The van der Waals surface area contributed by atoms with Gasteiger partial charge in [-0.1, -0.05) is 13.0 Å². The minimum absolute atomic E-state index is 0.0553. The second-order valence-corrected chi connectivity index (χ2v) is 4.50. The van der Waals surface area contributed by atoms with Crippen molar-refractivity contribution in [2.45, 2.75) is 33.6 Å². The summed E-state index contributed by atoms with van der Waals surface area (Å²) < 4.78 is 5.11. The summed E-state index contributed by atoms with van der Waals surface area (Å²) in [5.41, 5.74) is 2.34. The lowest BCUT2D eigenvalue weighted by Crippen LogP contribution is -2.09. The van der Waals surface area contributed by atoms with Gasteiger partial charge in [-0.2, -0.15) is 0 Å². The Balaban J connectivity index is 2.65. The van der Waals surface area contributed by atoms with Crippen molar-refractivity contribution in [3.63, 3.8) is 0 Å². The zero-order valence-corrected chi connectivity index (χ0v) is 11.6. The molecule has 1 heterocycles. The fourth-order valence-corrected chi connectivity index (χ4v) is 1.77. The number of carbonyl (C=O) groups is 1. The number of hydrogen-bond acceptors (Lipinski definition) is 3. The summed E-state index contributed by atoms with van der Waals surface area (Å²) >= 11 is 0. The molecule has 3 nitrogen and oxygen atoms in total. The van der Waals surface area contributed by atoms with Crippen molar-refractivity contribution in [1.29, 1.82) is 0 Å². The van der Waals surface area contributed by atoms with Crippen LogP contribution < -0.4 is 4.74 Å². The van der Waals surface area contributed by atoms with E-state index >= 15 is 0 Å². The first-order valence-electron chi connectivity index (χ1n) is 6.24. The Morgan fingerprint density at radius 2 is 2.28 bits per heavy atom. The summed E-state index contributed by atoms with van der Waals surface area (Å²) in [4.78, 5) is 15.8. The standard InChI is InChI=1S/C15H21NO2/c1-5-6-14(17)11(2)7-8-13-9-15(18-4)16-10-12(13)3/h5-6,9-11H,7-8H2,1-4H3. The minimum atomic E-state index is 0.0553. The molecule has 0 aromatic carbocycles. The molecule has 0 aliphatic heterocycles. The third-order valence-electron chi connectivity index (χ3n) is 3.06. The second-order valence-electron chi connectivity index (χ2n) is 4.50. The number of methoxy groups -OCH3 is 1. The number of aromatic nitrogens is 1. The molecule has 0 aliphatic rings. The summed E-state index contributed by atoms with van der Waals surface area (Å²) in [5.74, 6) is 0.874. The summed E-state index contributed by atoms with van der Waals surface area (Å²) in [5, 5.41) is 0. The summed E-state index contributed by atoms with van der Waals surface area (Å²) in [6, 6.07) is 1.95. The molecular formula is C15H21NO2. The van der Waals surface area contributed by atoms with Gasteiger partial charge in [-0.25, -0.2) is 4.98 Å². The lowest BCUT2D eigenvalue weighted by atomic mass is 9.96. The third kappa shape index (κ3) is 3.99. The molecule has 1 rings (SSSR count). The minimum Gasteiger partial charge on any atom is -0.481 e. The van der Waals surface area contributed by atoms with Crippen molar-refractivity contribution in [3.05, 3.63) is 35.5 Å². The first-order chi connectivity index (χ1) is 8.58. The predicted molar refractivity (Wildman–Crippen MR) is 72.8 cm³/mol. The third-order valence-corrected chi connectivity index (χ3v) is 3.06. The van der Waals surface area contributed by atoms with E-state index in [9.17, 15) is 4.79 Å². The largest absolute Gasteiger partial charge is 0.481 e. The number of allylic oxidation sites excluding steroid dienone is 2. The Hall–Kier alpha value is -1.64. The Kier molecular flexibility index (Phi) is 5.56. The molecule has 0 N–H and O–H groups in total. The van der Waals surface area contributed by atoms with E-state index in [-0.39, 0.29) is 11.7 Å². The van der Waals surface area contributed by atoms with Gasteiger partial charge < -0.3 is 4.74 Å². The van der Waals surface area contributed by atoms with E-state index < -0.39 is 0 Å². The predicted octanol–water partition coefficient (Wildman–Crippen LogP) is 3.11. The molecule has 1 aromatic rings. The van der Waals surface area contributed by atoms with Gasteiger partial charge in [0.1, 0.15) is 0 Å². The van der Waals surface area contributed by atoms with Gasteiger partial charge in [-0.15, -0.1) is 0 Å². The van der Waals surface area contributed by atoms with Crippen LogP contribution in [0.4, 0.5) is 0 Å². The number of carbonyl (C=O) groups excluding carboxylic acids is 1. The Morgan fingerprint density at radius 3 is 2.89 bits per heavy atom. The Morgan fingerprint density at radius 1 is 1.56 bits per heavy atom. The van der Waals surface area contributed by atoms with Crippen LogP contribution in [0.15, 0.2) is 24.4 Å². The quantitative estimate of drug-likeness (QED) is 0.725. The SMILES string of the molecule is CC=CC(=O)C(C)CCc1cc(OC)ncc1C. The van der Waals surface area contributed by atoms with Gasteiger partial charge >= 0.3 is 0 Å². The molecule has 3 heteroatoms. The topological polar surface area (TPSA) is 39.2 Å². The fraction of sp³-hybridized carbons (Fsp3) is 0.467. The molecule has 0 radical (unpaired) electrons. The van der Waals surface area contributed by atoms with Gasteiger partial charge in [0.2, 0.25) is 5.88 Å². The van der Waals surface area contributed by atoms with Crippen LogP contribution >= 0.6 is 0 Å². The number of ether oxygens (including phenoxy) is 1. The van der Waals surface area contributed by atoms with Crippen molar-refractivity contribution in [3.8, 4) is 5.88 Å². The molecule has 1 aromatic heterocycles. The van der Waals surface area contributed by atoms with Gasteiger partial charge in [0.15, 0.2) is 5.78 Å². The maximum Gasteiger partial charge on any atom is 0.213 e. The van der Waals surface area contributed by atoms with E-state index in [1.807, 2.05) is 33.0 Å². The van der Waals surface area contributed by atoms with Gasteiger partial charge in [0.25, 0.3) is 0 Å². The first-order valence-corrected chi connectivity index (χ1v) is 6.24. The molecule has 0 saturated carbocycles. The zero-order valence-electron chi connectivity index (χ0n) is 11.6. The van der Waals surface area contributed by atoms with E-state index in [2.05, 4.69) is 4.98 Å². The molecule has 1 atom stereocenters. The molecule has 0 amide bonds. The first kappa shape index (κ1) is 14.4. The number of hydrogen-bond donors (Lipinski definition) is 0. The van der Waals surface area contributed by atoms with Crippen molar-refractivity contribution in [2.75, 3.05) is 7.11 Å². The molecule has 0 aliphatic carbocycles. The number of pyridine rings is 1. The van der Waals surface area contributed by atoms with E-state index in [0.29, 0.717) is 5.88 Å². The van der Waals surface area contributed by atoms with Crippen LogP contribution in [0.5, 0.6) is 5.88 Å². The number of aryl methyl sites for hydroxylation is 2. The van der Waals surface area contributed by atoms with E-state index in [0.717, 1.165) is 18.4 Å². The molecule has 0 spiro atoms. The summed E-state index contributed by atoms with van der Waals surface area (Å²) in [6.45, 7) is 5.86. The van der Waals surface area contributed by atoms with E-state index in [1.54, 1.807) is 19.3 Å². The molecule has 1 unspecified atom stereocenters. The van der Waals surface area contributed by atoms with Crippen molar-refractivity contribution in [1.82, 2.24) is 4.98 Å². The van der Waals surface area contributed by atoms with Crippen molar-refractivity contribution < 1.29 is 9.53 Å². The lowest BCUT2D eigenvalue weighted by Gasteiger charge is -2.10. The van der Waals surface area contributed by atoms with Crippen LogP contribution in [0, 0.1) is 12.8 Å². The van der Waals surface area contributed by atoms with Gasteiger partial charge in [0, 0.05) is 18.2 Å². The van der Waals surface area contributed by atoms with Gasteiger partial charge in [0.05, 0.1) is 7.11 Å². The van der Waals surface area contributed by atoms with Crippen LogP contribution in [0.2, 0.25) is 0 Å². The molecule has 0 fully saturated rings. The highest BCUT2D eigenvalue weighted by molar-refractivity contribution is 5.91. The number of ketones is 1. The maximum atomic E-state index is 11.6.